The van der Waals surface area contributed by atoms with Crippen molar-refractivity contribution >= 4 is 23.5 Å². The summed E-state index contributed by atoms with van der Waals surface area (Å²) in [6.07, 6.45) is 1.94. The van der Waals surface area contributed by atoms with Crippen LogP contribution in [0.25, 0.3) is 0 Å². The molecule has 0 aromatic carbocycles. The molecule has 6 nitrogen and oxygen atoms in total. The van der Waals surface area contributed by atoms with Crippen molar-refractivity contribution in [1.29, 1.82) is 0 Å². The number of thioether (sulfide) groups is 1. The van der Waals surface area contributed by atoms with Crippen LogP contribution in [-0.2, 0) is 0 Å². The van der Waals surface area contributed by atoms with Gasteiger partial charge >= 0.3 is 0 Å². The highest BCUT2D eigenvalue weighted by Crippen LogP contribution is 2.11. The second-order valence-corrected chi connectivity index (χ2v) is 5.31. The number of nitrogens with one attached hydrogen (secondary N) is 2. The number of aromatic nitrogens is 2. The van der Waals surface area contributed by atoms with Crippen LogP contribution >= 0.6 is 11.8 Å². The first-order valence-corrected chi connectivity index (χ1v) is 7.45. The van der Waals surface area contributed by atoms with Gasteiger partial charge in [-0.1, -0.05) is 0 Å². The number of anilines is 1. The second-order valence-electron chi connectivity index (χ2n) is 4.45. The van der Waals surface area contributed by atoms with Gasteiger partial charge in [0.25, 0.3) is 5.91 Å². The van der Waals surface area contributed by atoms with Crippen molar-refractivity contribution in [2.75, 3.05) is 30.4 Å². The van der Waals surface area contributed by atoms with Gasteiger partial charge in [-0.05, 0) is 32.2 Å². The maximum absolute atomic E-state index is 11.5. The number of carbonyl (C=O) groups is 1. The summed E-state index contributed by atoms with van der Waals surface area (Å²) >= 11 is 1.58. The van der Waals surface area contributed by atoms with Crippen molar-refractivity contribution in [2.45, 2.75) is 19.4 Å². The predicted molar refractivity (Wildman–Crippen MR) is 77.5 cm³/mol. The zero-order valence-corrected chi connectivity index (χ0v) is 12.3. The molecule has 0 aliphatic carbocycles. The summed E-state index contributed by atoms with van der Waals surface area (Å²) < 4.78 is 0. The Morgan fingerprint density at radius 1 is 1.47 bits per heavy atom. The lowest BCUT2D eigenvalue weighted by molar-refractivity contribution is 0.0947. The van der Waals surface area contributed by atoms with Crippen molar-refractivity contribution in [3.63, 3.8) is 0 Å². The smallest absolute Gasteiger partial charge is 0.271 e. The maximum Gasteiger partial charge on any atom is 0.271 e. The monoisotopic (exact) mass is 284 g/mol. The van der Waals surface area contributed by atoms with Gasteiger partial charge in [0.15, 0.2) is 5.69 Å². The van der Waals surface area contributed by atoms with E-state index < -0.39 is 5.60 Å². The maximum atomic E-state index is 11.5. The Hall–Kier alpha value is -1.34. The molecule has 3 N–H and O–H groups in total. The van der Waals surface area contributed by atoms with Crippen molar-refractivity contribution in [3.8, 4) is 0 Å². The highest BCUT2D eigenvalue weighted by atomic mass is 32.2. The lowest BCUT2D eigenvalue weighted by Crippen LogP contribution is -2.36. The highest BCUT2D eigenvalue weighted by Gasteiger charge is 2.19. The molecular formula is C12H20N4O2S. The summed E-state index contributed by atoms with van der Waals surface area (Å²) in [5.41, 5.74) is -0.525. The summed E-state index contributed by atoms with van der Waals surface area (Å²) in [7, 11) is 0. The molecule has 106 valence electrons. The van der Waals surface area contributed by atoms with E-state index in [2.05, 4.69) is 20.8 Å². The van der Waals surface area contributed by atoms with Crippen LogP contribution in [0.3, 0.4) is 0 Å². The molecule has 1 aromatic heterocycles. The average Bonchev–Trinajstić information content (AvgIpc) is 2.37. The van der Waals surface area contributed by atoms with E-state index in [-0.39, 0.29) is 11.6 Å². The molecule has 1 atom stereocenters. The van der Waals surface area contributed by atoms with Crippen molar-refractivity contribution < 1.29 is 9.90 Å². The molecule has 1 aromatic rings. The van der Waals surface area contributed by atoms with Gasteiger partial charge in [-0.2, -0.15) is 11.8 Å². The molecule has 1 rings (SSSR count). The average molecular weight is 284 g/mol. The van der Waals surface area contributed by atoms with Gasteiger partial charge in [0, 0.05) is 18.8 Å². The van der Waals surface area contributed by atoms with Crippen LogP contribution < -0.4 is 10.6 Å². The Kier molecular flexibility index (Phi) is 6.04. The van der Waals surface area contributed by atoms with Crippen LogP contribution in [0.5, 0.6) is 0 Å². The van der Waals surface area contributed by atoms with Crippen molar-refractivity contribution in [2.24, 2.45) is 0 Å². The van der Waals surface area contributed by atoms with E-state index in [9.17, 15) is 9.90 Å². The molecule has 0 radical (unpaired) electrons. The van der Waals surface area contributed by atoms with Crippen LogP contribution in [0.15, 0.2) is 12.1 Å². The minimum absolute atomic E-state index is 0.240. The number of amides is 1. The van der Waals surface area contributed by atoms with Crippen LogP contribution in [0, 0.1) is 0 Å². The van der Waals surface area contributed by atoms with Crippen LogP contribution in [0.4, 0.5) is 5.82 Å². The third-order valence-corrected chi connectivity index (χ3v) is 3.25. The summed E-state index contributed by atoms with van der Waals surface area (Å²) in [5.74, 6) is 0.926. The van der Waals surface area contributed by atoms with Crippen LogP contribution in [0.2, 0.25) is 0 Å². The first kappa shape index (κ1) is 15.7. The van der Waals surface area contributed by atoms with E-state index in [4.69, 9.17) is 0 Å². The summed E-state index contributed by atoms with van der Waals surface area (Å²) in [6, 6.07) is 3.27. The van der Waals surface area contributed by atoms with E-state index in [1.807, 2.05) is 13.2 Å². The standard InChI is InChI=1S/C12H20N4O2S/c1-4-13-11(17)9-5-6-10(16-15-9)14-7-12(2,18)8-19-3/h5-6,18H,4,7-8H2,1-3H3,(H,13,17)(H,14,16). The van der Waals surface area contributed by atoms with Crippen molar-refractivity contribution in [1.82, 2.24) is 15.5 Å². The molecule has 0 fully saturated rings. The van der Waals surface area contributed by atoms with E-state index in [1.54, 1.807) is 30.8 Å². The Labute approximate surface area is 117 Å². The predicted octanol–water partition coefficient (Wildman–Crippen LogP) is 0.752. The molecule has 0 aliphatic heterocycles. The minimum Gasteiger partial charge on any atom is -0.387 e. The Bertz CT molecular complexity index is 409. The number of carbonyl (C=O) groups excluding carboxylic acids is 1. The van der Waals surface area contributed by atoms with Gasteiger partial charge in [0.1, 0.15) is 5.82 Å². The van der Waals surface area contributed by atoms with Gasteiger partial charge in [-0.3, -0.25) is 4.79 Å². The molecule has 1 unspecified atom stereocenters. The largest absolute Gasteiger partial charge is 0.387 e. The molecular weight excluding hydrogens is 264 g/mol. The molecule has 7 heteroatoms. The lowest BCUT2D eigenvalue weighted by Gasteiger charge is -2.22. The zero-order chi connectivity index (χ0) is 14.3. The number of nitrogens with zero attached hydrogens (tertiary/aromatic N) is 2. The molecule has 19 heavy (non-hydrogen) atoms. The second kappa shape index (κ2) is 7.30. The fraction of sp³-hybridized carbons (Fsp3) is 0.583. The zero-order valence-electron chi connectivity index (χ0n) is 11.4. The summed E-state index contributed by atoms with van der Waals surface area (Å²) in [6.45, 7) is 4.53. The molecule has 0 bridgehead atoms. The fourth-order valence-electron chi connectivity index (χ4n) is 1.44. The number of rotatable bonds is 7. The topological polar surface area (TPSA) is 87.1 Å². The SMILES string of the molecule is CCNC(=O)c1ccc(NCC(C)(O)CSC)nn1. The molecule has 0 aliphatic rings. The third kappa shape index (κ3) is 5.44. The third-order valence-electron chi connectivity index (χ3n) is 2.34. The quantitative estimate of drug-likeness (QED) is 0.685. The van der Waals surface area contributed by atoms with E-state index in [0.29, 0.717) is 24.7 Å². The number of hydrogen-bond donors (Lipinski definition) is 3. The molecule has 1 heterocycles. The Morgan fingerprint density at radius 3 is 2.74 bits per heavy atom. The lowest BCUT2D eigenvalue weighted by atomic mass is 10.1. The molecule has 0 saturated heterocycles. The van der Waals surface area contributed by atoms with E-state index >= 15 is 0 Å². The molecule has 1 amide bonds. The van der Waals surface area contributed by atoms with Gasteiger partial charge in [-0.15, -0.1) is 10.2 Å². The Balaban J connectivity index is 2.55. The first-order valence-electron chi connectivity index (χ1n) is 6.05. The first-order chi connectivity index (χ1) is 8.98. The van der Waals surface area contributed by atoms with Gasteiger partial charge in [-0.25, -0.2) is 0 Å². The summed E-state index contributed by atoms with van der Waals surface area (Å²) in [4.78, 5) is 11.5. The Morgan fingerprint density at radius 2 is 2.21 bits per heavy atom. The molecule has 0 spiro atoms. The van der Waals surface area contributed by atoms with Crippen molar-refractivity contribution in [3.05, 3.63) is 17.8 Å². The van der Waals surface area contributed by atoms with Gasteiger partial charge in [0.2, 0.25) is 0 Å². The fourth-order valence-corrected chi connectivity index (χ4v) is 2.17. The van der Waals surface area contributed by atoms with Gasteiger partial charge in [0.05, 0.1) is 5.60 Å². The van der Waals surface area contributed by atoms with Gasteiger partial charge < -0.3 is 15.7 Å². The van der Waals surface area contributed by atoms with Crippen LogP contribution in [0.1, 0.15) is 24.3 Å². The number of aliphatic hydroxyl groups is 1. The number of hydrogen-bond acceptors (Lipinski definition) is 6. The minimum atomic E-state index is -0.806. The highest BCUT2D eigenvalue weighted by molar-refractivity contribution is 7.98. The van der Waals surface area contributed by atoms with E-state index in [0.717, 1.165) is 0 Å². The van der Waals surface area contributed by atoms with Crippen LogP contribution in [-0.4, -0.2) is 51.9 Å². The summed E-state index contributed by atoms with van der Waals surface area (Å²) in [5, 5.41) is 23.4. The molecule has 0 saturated carbocycles. The van der Waals surface area contributed by atoms with E-state index in [1.165, 1.54) is 0 Å². The normalized spacial score (nSPS) is 13.7.